The van der Waals surface area contributed by atoms with Gasteiger partial charge in [-0.2, -0.15) is 5.26 Å². The van der Waals surface area contributed by atoms with E-state index in [4.69, 9.17) is 10.00 Å². The Morgan fingerprint density at radius 3 is 2.54 bits per heavy atom. The van der Waals surface area contributed by atoms with E-state index in [1.54, 1.807) is 26.8 Å². The molecule has 2 N–H and O–H groups in total. The monoisotopic (exact) mass is 335 g/mol. The molecule has 0 radical (unpaired) electrons. The summed E-state index contributed by atoms with van der Waals surface area (Å²) >= 11 is 0. The summed E-state index contributed by atoms with van der Waals surface area (Å²) in [5, 5.41) is 31.3. The van der Waals surface area contributed by atoms with Crippen LogP contribution in [0.2, 0.25) is 0 Å². The molecule has 24 heavy (non-hydrogen) atoms. The maximum atomic E-state index is 11.7. The third-order valence-electron chi connectivity index (χ3n) is 2.82. The van der Waals surface area contributed by atoms with Crippen LogP contribution < -0.4 is 5.32 Å². The Balaban J connectivity index is 3.02. The lowest BCUT2D eigenvalue weighted by Gasteiger charge is -2.22. The van der Waals surface area contributed by atoms with Gasteiger partial charge in [-0.1, -0.05) is 6.07 Å². The number of amides is 1. The lowest BCUT2D eigenvalue weighted by Crippen LogP contribution is -2.44. The number of carboxylic acid groups (broad SMARTS) is 1. The van der Waals surface area contributed by atoms with Crippen molar-refractivity contribution in [1.29, 1.82) is 5.26 Å². The molecule has 1 aromatic rings. The Kier molecular flexibility index (Phi) is 5.84. The number of alkyl carbamates (subject to hydrolysis) is 1. The van der Waals surface area contributed by atoms with Gasteiger partial charge in [-0.15, -0.1) is 0 Å². The second kappa shape index (κ2) is 7.41. The van der Waals surface area contributed by atoms with Crippen molar-refractivity contribution in [2.24, 2.45) is 0 Å². The molecule has 9 heteroatoms. The SMILES string of the molecule is CC(C)(C)OC(=O)N[C@@H](Cc1ccc(C#N)cc1[N+](=O)[O-])C(=O)O. The molecule has 0 aromatic heterocycles. The molecule has 9 nitrogen and oxygen atoms in total. The molecule has 1 aromatic carbocycles. The molecule has 0 fully saturated rings. The number of carbonyl (C=O) groups is 2. The fourth-order valence-corrected chi connectivity index (χ4v) is 1.85. The lowest BCUT2D eigenvalue weighted by atomic mass is 10.0. The van der Waals surface area contributed by atoms with Crippen LogP contribution in [0, 0.1) is 21.4 Å². The van der Waals surface area contributed by atoms with E-state index in [1.807, 2.05) is 0 Å². The molecule has 0 bridgehead atoms. The molecule has 128 valence electrons. The van der Waals surface area contributed by atoms with E-state index in [0.29, 0.717) is 0 Å². The molecule has 0 aliphatic heterocycles. The highest BCUT2D eigenvalue weighted by Gasteiger charge is 2.27. The van der Waals surface area contributed by atoms with Gasteiger partial charge in [-0.3, -0.25) is 10.1 Å². The number of hydrogen-bond acceptors (Lipinski definition) is 6. The molecular weight excluding hydrogens is 318 g/mol. The molecule has 1 atom stereocenters. The highest BCUT2D eigenvalue weighted by Crippen LogP contribution is 2.22. The summed E-state index contributed by atoms with van der Waals surface area (Å²) in [5.74, 6) is -1.36. The molecule has 1 rings (SSSR count). The van der Waals surface area contributed by atoms with Gasteiger partial charge in [0.05, 0.1) is 16.6 Å². The van der Waals surface area contributed by atoms with E-state index >= 15 is 0 Å². The first-order chi connectivity index (χ1) is 11.0. The van der Waals surface area contributed by atoms with Crippen molar-refractivity contribution in [3.63, 3.8) is 0 Å². The summed E-state index contributed by atoms with van der Waals surface area (Å²) in [5.41, 5.74) is -1.03. The summed E-state index contributed by atoms with van der Waals surface area (Å²) in [6.07, 6.45) is -1.26. The molecule has 0 saturated carbocycles. The maximum absolute atomic E-state index is 11.7. The number of hydrogen-bond donors (Lipinski definition) is 2. The topological polar surface area (TPSA) is 143 Å². The summed E-state index contributed by atoms with van der Waals surface area (Å²) in [7, 11) is 0. The zero-order valence-electron chi connectivity index (χ0n) is 13.4. The van der Waals surface area contributed by atoms with E-state index in [9.17, 15) is 24.8 Å². The Labute approximate surface area is 138 Å². The quantitative estimate of drug-likeness (QED) is 0.618. The van der Waals surface area contributed by atoms with Crippen molar-refractivity contribution in [3.05, 3.63) is 39.4 Å². The minimum Gasteiger partial charge on any atom is -0.480 e. The van der Waals surface area contributed by atoms with Gasteiger partial charge in [0.25, 0.3) is 5.69 Å². The maximum Gasteiger partial charge on any atom is 0.408 e. The second-order valence-electron chi connectivity index (χ2n) is 5.95. The van der Waals surface area contributed by atoms with Crippen LogP contribution >= 0.6 is 0 Å². The summed E-state index contributed by atoms with van der Waals surface area (Å²) in [6.45, 7) is 4.86. The molecule has 0 spiro atoms. The normalized spacial score (nSPS) is 11.9. The molecular formula is C15H17N3O6. The van der Waals surface area contributed by atoms with Crippen LogP contribution in [-0.2, 0) is 16.0 Å². The Morgan fingerprint density at radius 2 is 2.08 bits per heavy atom. The fourth-order valence-electron chi connectivity index (χ4n) is 1.85. The Hall–Kier alpha value is -3.15. The van der Waals surface area contributed by atoms with Crippen LogP contribution in [0.15, 0.2) is 18.2 Å². The van der Waals surface area contributed by atoms with Gasteiger partial charge in [0.1, 0.15) is 11.6 Å². The lowest BCUT2D eigenvalue weighted by molar-refractivity contribution is -0.385. The average molecular weight is 335 g/mol. The van der Waals surface area contributed by atoms with Gasteiger partial charge in [0.15, 0.2) is 0 Å². The zero-order chi connectivity index (χ0) is 18.5. The number of carboxylic acids is 1. The second-order valence-corrected chi connectivity index (χ2v) is 5.95. The van der Waals surface area contributed by atoms with E-state index < -0.39 is 28.6 Å². The van der Waals surface area contributed by atoms with Crippen molar-refractivity contribution in [1.82, 2.24) is 5.32 Å². The van der Waals surface area contributed by atoms with Gasteiger partial charge in [0.2, 0.25) is 0 Å². The highest BCUT2D eigenvalue weighted by molar-refractivity contribution is 5.80. The third kappa shape index (κ3) is 5.57. The Morgan fingerprint density at radius 1 is 1.46 bits per heavy atom. The van der Waals surface area contributed by atoms with Crippen molar-refractivity contribution in [2.45, 2.75) is 38.8 Å². The van der Waals surface area contributed by atoms with Crippen LogP contribution in [0.1, 0.15) is 31.9 Å². The van der Waals surface area contributed by atoms with Gasteiger partial charge < -0.3 is 15.2 Å². The number of nitrogens with zero attached hydrogens (tertiary/aromatic N) is 2. The number of nitro benzene ring substituents is 1. The first-order valence-corrected chi connectivity index (χ1v) is 6.93. The number of benzene rings is 1. The van der Waals surface area contributed by atoms with Crippen molar-refractivity contribution >= 4 is 17.7 Å². The highest BCUT2D eigenvalue weighted by atomic mass is 16.6. The Bertz CT molecular complexity index is 702. The fraction of sp³-hybridized carbons (Fsp3) is 0.400. The minimum absolute atomic E-state index is 0.0810. The molecule has 0 aliphatic carbocycles. The van der Waals surface area contributed by atoms with E-state index in [0.717, 1.165) is 6.07 Å². The molecule has 0 unspecified atom stereocenters. The number of nitro groups is 1. The van der Waals surface area contributed by atoms with Gasteiger partial charge >= 0.3 is 12.1 Å². The van der Waals surface area contributed by atoms with Crippen LogP contribution in [-0.4, -0.2) is 33.7 Å². The predicted molar refractivity (Wildman–Crippen MR) is 82.3 cm³/mol. The van der Waals surface area contributed by atoms with Crippen molar-refractivity contribution in [3.8, 4) is 6.07 Å². The minimum atomic E-state index is -1.41. The van der Waals surface area contributed by atoms with Crippen LogP contribution in [0.3, 0.4) is 0 Å². The average Bonchev–Trinajstić information content (AvgIpc) is 2.44. The predicted octanol–water partition coefficient (Wildman–Crippen LogP) is 1.99. The molecule has 0 saturated heterocycles. The zero-order valence-corrected chi connectivity index (χ0v) is 13.4. The van der Waals surface area contributed by atoms with Crippen molar-refractivity contribution in [2.75, 3.05) is 0 Å². The van der Waals surface area contributed by atoms with E-state index in [1.165, 1.54) is 12.1 Å². The largest absolute Gasteiger partial charge is 0.480 e. The summed E-state index contributed by atoms with van der Waals surface area (Å²) in [6, 6.07) is 4.06. The first-order valence-electron chi connectivity index (χ1n) is 6.93. The smallest absolute Gasteiger partial charge is 0.408 e. The number of aliphatic carboxylic acids is 1. The molecule has 1 amide bonds. The number of nitrogens with one attached hydrogen (secondary N) is 1. The van der Waals surface area contributed by atoms with Crippen LogP contribution in [0.25, 0.3) is 0 Å². The van der Waals surface area contributed by atoms with E-state index in [-0.39, 0.29) is 23.2 Å². The van der Waals surface area contributed by atoms with E-state index in [2.05, 4.69) is 5.32 Å². The number of nitriles is 1. The third-order valence-corrected chi connectivity index (χ3v) is 2.82. The van der Waals surface area contributed by atoms with Gasteiger partial charge in [-0.05, 0) is 26.8 Å². The number of carbonyl (C=O) groups excluding carboxylic acids is 1. The molecule has 0 aliphatic rings. The van der Waals surface area contributed by atoms with Gasteiger partial charge in [0, 0.05) is 18.1 Å². The van der Waals surface area contributed by atoms with Crippen molar-refractivity contribution < 1.29 is 24.4 Å². The first kappa shape index (κ1) is 18.9. The van der Waals surface area contributed by atoms with Gasteiger partial charge in [-0.25, -0.2) is 9.59 Å². The summed E-state index contributed by atoms with van der Waals surface area (Å²) < 4.78 is 4.98. The summed E-state index contributed by atoms with van der Waals surface area (Å²) in [4.78, 5) is 33.4. The van der Waals surface area contributed by atoms with Crippen LogP contribution in [0.5, 0.6) is 0 Å². The number of ether oxygens (including phenoxy) is 1. The molecule has 0 heterocycles. The van der Waals surface area contributed by atoms with Crippen LogP contribution in [0.4, 0.5) is 10.5 Å². The number of rotatable bonds is 5. The standard InChI is InChI=1S/C15H17N3O6/c1-15(2,3)24-14(21)17-11(13(19)20)7-10-5-4-9(8-16)6-12(10)18(22)23/h4-6,11H,7H2,1-3H3,(H,17,21)(H,19,20)/t11-/m0/s1.